The number of rotatable bonds is 2. The maximum absolute atomic E-state index is 11.3. The summed E-state index contributed by atoms with van der Waals surface area (Å²) in [4.78, 5) is 19.6. The molecule has 0 saturated carbocycles. The van der Waals surface area contributed by atoms with Gasteiger partial charge in [-0.2, -0.15) is 26.3 Å². The molecule has 9 heteroatoms. The first-order chi connectivity index (χ1) is 5.55. The predicted octanol–water partition coefficient (Wildman–Crippen LogP) is 1.07. The van der Waals surface area contributed by atoms with Crippen LogP contribution in [0.4, 0.5) is 26.3 Å². The van der Waals surface area contributed by atoms with Gasteiger partial charge >= 0.3 is 39.7 Å². The van der Waals surface area contributed by atoms with Crippen LogP contribution in [0.5, 0.6) is 0 Å². The van der Waals surface area contributed by atoms with E-state index in [2.05, 4.69) is 0 Å². The predicted molar refractivity (Wildman–Crippen MR) is 32.2 cm³/mol. The minimum absolute atomic E-state index is 0. The number of Topliss-reactive ketones (excluding diaryl/α,β-unsaturated/α-hetero) is 2. The number of carbonyl (C=O) groups is 2. The minimum Gasteiger partial charge on any atom is -0.324 e. The number of carbonyl (C=O) groups excluding carboxylic acids is 2. The Morgan fingerprint density at radius 2 is 1.00 bits per heavy atom. The van der Waals surface area contributed by atoms with Crippen molar-refractivity contribution in [3.05, 3.63) is 6.42 Å². The van der Waals surface area contributed by atoms with E-state index in [4.69, 9.17) is 0 Å². The first-order valence-corrected chi connectivity index (χ1v) is 2.62. The van der Waals surface area contributed by atoms with Crippen molar-refractivity contribution in [2.75, 3.05) is 0 Å². The molecule has 0 heterocycles. The molecule has 0 atom stereocenters. The Morgan fingerprint density at radius 1 is 0.786 bits per heavy atom. The van der Waals surface area contributed by atoms with Crippen molar-refractivity contribution < 1.29 is 35.9 Å². The molecule has 0 aliphatic carbocycles. The van der Waals surface area contributed by atoms with Gasteiger partial charge in [0.25, 0.3) is 0 Å². The number of hydrogen-bond acceptors (Lipinski definition) is 2. The van der Waals surface area contributed by atoms with Crippen molar-refractivity contribution in [3.63, 3.8) is 0 Å². The van der Waals surface area contributed by atoms with Crippen LogP contribution in [0.2, 0.25) is 0 Å². The van der Waals surface area contributed by atoms with Crippen LogP contribution < -0.4 is 0 Å². The average molecular weight is 411 g/mol. The van der Waals surface area contributed by atoms with Gasteiger partial charge in [0.2, 0.25) is 0 Å². The molecule has 0 unspecified atom stereocenters. The Balaban J connectivity index is 0. The summed E-state index contributed by atoms with van der Waals surface area (Å²) in [6, 6.07) is 0. The molecule has 0 rings (SSSR count). The monoisotopic (exact) mass is 412 g/mol. The summed E-state index contributed by atoms with van der Waals surface area (Å²) in [5.74, 6) is -5.65. The van der Waals surface area contributed by atoms with E-state index in [1.54, 1.807) is 0 Å². The first kappa shape index (κ1) is 16.2. The summed E-state index contributed by atoms with van der Waals surface area (Å²) in [5.41, 5.74) is 0. The maximum atomic E-state index is 11.3. The van der Waals surface area contributed by atoms with E-state index in [1.807, 2.05) is 0 Å². The Labute approximate surface area is 93.8 Å². The van der Waals surface area contributed by atoms with Gasteiger partial charge in [0.1, 0.15) is 11.6 Å². The van der Waals surface area contributed by atoms with Gasteiger partial charge in [-0.1, -0.05) is 0 Å². The van der Waals surface area contributed by atoms with Gasteiger partial charge in [0, 0.05) is 0 Å². The van der Waals surface area contributed by atoms with E-state index >= 15 is 0 Å². The van der Waals surface area contributed by atoms with Crippen molar-refractivity contribution in [2.45, 2.75) is 12.4 Å². The smallest absolute Gasteiger partial charge is 0.324 e. The second-order valence-electron chi connectivity index (χ2n) is 1.87. The zero-order valence-electron chi connectivity index (χ0n) is 6.24. The second kappa shape index (κ2) is 4.98. The number of hydrogen-bond donors (Lipinski definition) is 0. The van der Waals surface area contributed by atoms with Crippen LogP contribution in [0.1, 0.15) is 0 Å². The van der Waals surface area contributed by atoms with Gasteiger partial charge in [-0.15, -0.1) is 0 Å². The maximum Gasteiger partial charge on any atom is 1.00 e. The number of ketones is 2. The third-order valence-corrected chi connectivity index (χ3v) is 0.821. The standard InChI is InChI=1S/C5HF6O2.Tl/c6-4(7,8)2(12)1-3(13)5(9,10)11;/h1H;/q-1;+1. The van der Waals surface area contributed by atoms with Crippen LogP contribution in [-0.2, 0) is 9.59 Å². The Bertz CT molecular complexity index is 205. The molecule has 0 aromatic rings. The summed E-state index contributed by atoms with van der Waals surface area (Å²) < 4.78 is 67.8. The van der Waals surface area contributed by atoms with Crippen LogP contribution in [0.3, 0.4) is 0 Å². The Kier molecular flexibility index (Phi) is 5.75. The van der Waals surface area contributed by atoms with E-state index in [-0.39, 0.29) is 27.3 Å². The Morgan fingerprint density at radius 3 is 1.14 bits per heavy atom. The van der Waals surface area contributed by atoms with Crippen LogP contribution in [0.25, 0.3) is 0 Å². The third-order valence-electron chi connectivity index (χ3n) is 0.821. The van der Waals surface area contributed by atoms with Gasteiger partial charge in [-0.05, 0) is 0 Å². The molecule has 0 spiro atoms. The third kappa shape index (κ3) is 5.44. The van der Waals surface area contributed by atoms with Crippen molar-refractivity contribution in [3.8, 4) is 0 Å². The topological polar surface area (TPSA) is 34.1 Å². The molecule has 0 fully saturated rings. The van der Waals surface area contributed by atoms with Crippen LogP contribution in [-0.4, -0.2) is 51.2 Å². The van der Waals surface area contributed by atoms with E-state index in [0.717, 1.165) is 0 Å². The molecule has 0 bridgehead atoms. The van der Waals surface area contributed by atoms with Gasteiger partial charge in [-0.3, -0.25) is 0 Å². The van der Waals surface area contributed by atoms with Crippen LogP contribution in [0, 0.1) is 6.42 Å². The quantitative estimate of drug-likeness (QED) is 0.295. The molecule has 0 aliphatic heterocycles. The fourth-order valence-corrected chi connectivity index (χ4v) is 0.283. The van der Waals surface area contributed by atoms with Crippen LogP contribution in [0.15, 0.2) is 0 Å². The molecule has 0 amide bonds. The minimum atomic E-state index is -5.46. The summed E-state index contributed by atoms with van der Waals surface area (Å²) in [7, 11) is 0. The fraction of sp³-hybridized carbons (Fsp3) is 0.400. The van der Waals surface area contributed by atoms with E-state index < -0.39 is 30.3 Å². The summed E-state index contributed by atoms with van der Waals surface area (Å²) in [6.45, 7) is 0. The first-order valence-electron chi connectivity index (χ1n) is 2.62. The second-order valence-corrected chi connectivity index (χ2v) is 1.87. The molecule has 2 nitrogen and oxygen atoms in total. The molecule has 14 heavy (non-hydrogen) atoms. The SMILES string of the molecule is O=C([CH-]C(=O)C(F)(F)F)C(F)(F)F.[Tl+]. The van der Waals surface area contributed by atoms with Gasteiger partial charge in [-0.25, -0.2) is 6.42 Å². The normalized spacial score (nSPS) is 11.6. The molecule has 78 valence electrons. The molecular weight excluding hydrogens is 410 g/mol. The zero-order valence-corrected chi connectivity index (χ0v) is 10.7. The molecule has 0 saturated heterocycles. The molecule has 0 radical (unpaired) electrons. The number of alkyl halides is 6. The molecule has 0 aliphatic rings. The molecule has 0 aromatic heterocycles. The largest absolute Gasteiger partial charge is 1.00 e. The number of halogens is 6. The van der Waals surface area contributed by atoms with E-state index in [1.165, 1.54) is 0 Å². The van der Waals surface area contributed by atoms with Gasteiger partial charge in [0.05, 0.1) is 0 Å². The summed E-state index contributed by atoms with van der Waals surface area (Å²) >= 11 is 0. The van der Waals surface area contributed by atoms with Crippen molar-refractivity contribution in [2.24, 2.45) is 0 Å². The van der Waals surface area contributed by atoms with Crippen molar-refractivity contribution in [1.29, 1.82) is 0 Å². The van der Waals surface area contributed by atoms with E-state index in [0.29, 0.717) is 0 Å². The van der Waals surface area contributed by atoms with E-state index in [9.17, 15) is 35.9 Å². The van der Waals surface area contributed by atoms with Gasteiger partial charge in [0.15, 0.2) is 0 Å². The molecule has 0 aromatic carbocycles. The average Bonchev–Trinajstić information content (AvgIpc) is 1.82. The summed E-state index contributed by atoms with van der Waals surface area (Å²) in [5, 5.41) is 0. The summed E-state index contributed by atoms with van der Waals surface area (Å²) in [6.07, 6.45) is -11.9. The Hall–Kier alpha value is -0.288. The van der Waals surface area contributed by atoms with Gasteiger partial charge < -0.3 is 9.59 Å². The van der Waals surface area contributed by atoms with Crippen LogP contribution >= 0.6 is 0 Å². The molecular formula is C5HF6O2Tl. The van der Waals surface area contributed by atoms with Crippen molar-refractivity contribution >= 4 is 38.9 Å². The zero-order chi connectivity index (χ0) is 10.9. The molecule has 0 N–H and O–H groups in total. The fourth-order valence-electron chi connectivity index (χ4n) is 0.283. The van der Waals surface area contributed by atoms with Crippen molar-refractivity contribution in [1.82, 2.24) is 0 Å².